The molecule has 0 aromatic heterocycles. The summed E-state index contributed by atoms with van der Waals surface area (Å²) in [5, 5.41) is 10.8. The fraction of sp³-hybridized carbons (Fsp3) is 0.273. The third-order valence-corrected chi connectivity index (χ3v) is 4.78. The topological polar surface area (TPSA) is 95.7 Å². The van der Waals surface area contributed by atoms with Crippen molar-refractivity contribution in [1.29, 1.82) is 0 Å². The fourth-order valence-electron chi connectivity index (χ4n) is 2.94. The number of carbonyl (C=O) groups excluding carboxylic acids is 2. The van der Waals surface area contributed by atoms with Gasteiger partial charge in [0.25, 0.3) is 5.69 Å². The molecule has 0 spiro atoms. The Morgan fingerprint density at radius 2 is 1.94 bits per heavy atom. The molecule has 0 aliphatic rings. The second-order valence-electron chi connectivity index (χ2n) is 6.90. The van der Waals surface area contributed by atoms with E-state index in [0.717, 1.165) is 18.2 Å². The van der Waals surface area contributed by atoms with Crippen LogP contribution in [0.3, 0.4) is 0 Å². The van der Waals surface area contributed by atoms with E-state index in [1.165, 1.54) is 6.08 Å². The average Bonchev–Trinajstić information content (AvgIpc) is 2.75. The molecule has 0 bridgehead atoms. The highest BCUT2D eigenvalue weighted by atomic mass is 35.5. The number of alkyl halides is 3. The zero-order valence-electron chi connectivity index (χ0n) is 17.7. The Labute approximate surface area is 196 Å². The third kappa shape index (κ3) is 6.31. The molecular weight excluding hydrogens is 486 g/mol. The summed E-state index contributed by atoms with van der Waals surface area (Å²) in [6, 6.07) is 3.44. The van der Waals surface area contributed by atoms with Crippen LogP contribution in [-0.4, -0.2) is 29.6 Å². The quantitative estimate of drug-likeness (QED) is 0.134. The molecule has 0 aliphatic heterocycles. The predicted molar refractivity (Wildman–Crippen MR) is 114 cm³/mol. The monoisotopic (exact) mass is 503 g/mol. The average molecular weight is 504 g/mol. The van der Waals surface area contributed by atoms with Crippen LogP contribution in [0.15, 0.2) is 43.0 Å². The van der Waals surface area contributed by atoms with Crippen molar-refractivity contribution in [2.75, 3.05) is 6.61 Å². The van der Waals surface area contributed by atoms with Crippen LogP contribution in [0.4, 0.5) is 23.2 Å². The van der Waals surface area contributed by atoms with Gasteiger partial charge in [0.1, 0.15) is 18.0 Å². The smallest absolute Gasteiger partial charge is 0.416 e. The van der Waals surface area contributed by atoms with Crippen LogP contribution in [0.25, 0.3) is 11.1 Å². The highest BCUT2D eigenvalue weighted by Gasteiger charge is 2.33. The van der Waals surface area contributed by atoms with Crippen LogP contribution in [-0.2, 0) is 20.4 Å². The molecule has 7 nitrogen and oxygen atoms in total. The van der Waals surface area contributed by atoms with Crippen molar-refractivity contribution in [2.24, 2.45) is 0 Å². The van der Waals surface area contributed by atoms with E-state index in [-0.39, 0.29) is 24.7 Å². The summed E-state index contributed by atoms with van der Waals surface area (Å²) in [5.74, 6) is -3.54. The zero-order chi connectivity index (χ0) is 25.6. The number of halogens is 5. The Hall–Kier alpha value is -3.47. The lowest BCUT2D eigenvalue weighted by Crippen LogP contribution is -2.29. The Balaban J connectivity index is 2.52. The standard InChI is InChI=1S/C22H18ClF4NO6/c1-3-5-18(21(30)33-8-4-2)34-20(29)14-9-12(6-7-17(14)28(31)32)19-15(23)10-13(11-16(19)24)22(25,26)27/h4,6-7,9-11,18H,2-3,5,8H2,1H3. The molecule has 34 heavy (non-hydrogen) atoms. The summed E-state index contributed by atoms with van der Waals surface area (Å²) in [7, 11) is 0. The molecule has 0 N–H and O–H groups in total. The number of nitro benzene ring substituents is 1. The molecule has 0 aliphatic carbocycles. The maximum atomic E-state index is 14.5. The summed E-state index contributed by atoms with van der Waals surface area (Å²) in [6.07, 6.45) is -4.50. The van der Waals surface area contributed by atoms with Gasteiger partial charge in [0.2, 0.25) is 0 Å². The fourth-order valence-corrected chi connectivity index (χ4v) is 3.26. The maximum absolute atomic E-state index is 14.5. The van der Waals surface area contributed by atoms with Crippen molar-refractivity contribution in [1.82, 2.24) is 0 Å². The first-order chi connectivity index (χ1) is 15.9. The number of carbonyl (C=O) groups is 2. The number of benzene rings is 2. The summed E-state index contributed by atoms with van der Waals surface area (Å²) < 4.78 is 63.3. The molecule has 0 heterocycles. The van der Waals surface area contributed by atoms with Gasteiger partial charge in [-0.1, -0.05) is 37.6 Å². The lowest BCUT2D eigenvalue weighted by molar-refractivity contribution is -0.385. The number of hydrogen-bond donors (Lipinski definition) is 0. The molecular formula is C22H18ClF4NO6. The summed E-state index contributed by atoms with van der Waals surface area (Å²) in [6.45, 7) is 4.92. The predicted octanol–water partition coefficient (Wildman–Crippen LogP) is 6.13. The summed E-state index contributed by atoms with van der Waals surface area (Å²) >= 11 is 5.87. The van der Waals surface area contributed by atoms with Gasteiger partial charge in [0.15, 0.2) is 6.10 Å². The molecule has 1 atom stereocenters. The van der Waals surface area contributed by atoms with Crippen molar-refractivity contribution >= 4 is 29.2 Å². The first-order valence-electron chi connectivity index (χ1n) is 9.74. The highest BCUT2D eigenvalue weighted by Crippen LogP contribution is 2.39. The Morgan fingerprint density at radius 3 is 2.47 bits per heavy atom. The van der Waals surface area contributed by atoms with E-state index >= 15 is 0 Å². The molecule has 0 saturated heterocycles. The summed E-state index contributed by atoms with van der Waals surface area (Å²) in [5.41, 5.74) is -3.44. The molecule has 0 fully saturated rings. The first-order valence-corrected chi connectivity index (χ1v) is 10.1. The van der Waals surface area contributed by atoms with Crippen molar-refractivity contribution in [2.45, 2.75) is 32.0 Å². The lowest BCUT2D eigenvalue weighted by Gasteiger charge is -2.16. The van der Waals surface area contributed by atoms with Gasteiger partial charge < -0.3 is 9.47 Å². The normalized spacial score (nSPS) is 12.1. The van der Waals surface area contributed by atoms with Crippen molar-refractivity contribution in [3.8, 4) is 11.1 Å². The molecule has 0 radical (unpaired) electrons. The van der Waals surface area contributed by atoms with Crippen LogP contribution >= 0.6 is 11.6 Å². The molecule has 12 heteroatoms. The Kier molecular flexibility index (Phi) is 8.74. The highest BCUT2D eigenvalue weighted by molar-refractivity contribution is 6.33. The van der Waals surface area contributed by atoms with E-state index in [9.17, 15) is 37.3 Å². The number of nitro groups is 1. The van der Waals surface area contributed by atoms with E-state index in [2.05, 4.69) is 6.58 Å². The van der Waals surface area contributed by atoms with E-state index in [1.807, 2.05) is 0 Å². The van der Waals surface area contributed by atoms with Crippen LogP contribution < -0.4 is 0 Å². The van der Waals surface area contributed by atoms with Crippen LogP contribution in [0, 0.1) is 15.9 Å². The number of nitrogens with zero attached hydrogens (tertiary/aromatic N) is 1. The zero-order valence-corrected chi connectivity index (χ0v) is 18.4. The van der Waals surface area contributed by atoms with Gasteiger partial charge in [-0.25, -0.2) is 14.0 Å². The minimum atomic E-state index is -4.86. The second-order valence-corrected chi connectivity index (χ2v) is 7.31. The van der Waals surface area contributed by atoms with Gasteiger partial charge in [-0.15, -0.1) is 0 Å². The third-order valence-electron chi connectivity index (χ3n) is 4.48. The Morgan fingerprint density at radius 1 is 1.26 bits per heavy atom. The molecule has 0 saturated carbocycles. The maximum Gasteiger partial charge on any atom is 0.416 e. The van der Waals surface area contributed by atoms with Gasteiger partial charge in [0, 0.05) is 11.6 Å². The van der Waals surface area contributed by atoms with Crippen molar-refractivity contribution in [3.05, 3.63) is 75.1 Å². The molecule has 182 valence electrons. The molecule has 2 aromatic carbocycles. The van der Waals surface area contributed by atoms with E-state index in [0.29, 0.717) is 12.5 Å². The number of rotatable bonds is 9. The molecule has 0 amide bonds. The number of hydrogen-bond acceptors (Lipinski definition) is 6. The van der Waals surface area contributed by atoms with E-state index in [4.69, 9.17) is 21.1 Å². The first kappa shape index (κ1) is 26.8. The summed E-state index contributed by atoms with van der Waals surface area (Å²) in [4.78, 5) is 35.4. The van der Waals surface area contributed by atoms with E-state index < -0.39 is 62.4 Å². The molecule has 1 unspecified atom stereocenters. The van der Waals surface area contributed by atoms with Crippen molar-refractivity contribution < 1.29 is 41.5 Å². The van der Waals surface area contributed by atoms with Crippen molar-refractivity contribution in [3.63, 3.8) is 0 Å². The van der Waals surface area contributed by atoms with Gasteiger partial charge in [-0.3, -0.25) is 10.1 Å². The lowest BCUT2D eigenvalue weighted by atomic mass is 9.99. The van der Waals surface area contributed by atoms with Gasteiger partial charge in [-0.05, 0) is 36.2 Å². The minimum absolute atomic E-state index is 0.0502. The molecule has 2 rings (SSSR count). The largest absolute Gasteiger partial charge is 0.459 e. The van der Waals surface area contributed by atoms with Crippen LogP contribution in [0.5, 0.6) is 0 Å². The van der Waals surface area contributed by atoms with Crippen LogP contribution in [0.1, 0.15) is 35.7 Å². The van der Waals surface area contributed by atoms with Gasteiger partial charge in [0.05, 0.1) is 15.5 Å². The molecule has 2 aromatic rings. The van der Waals surface area contributed by atoms with Gasteiger partial charge >= 0.3 is 18.1 Å². The minimum Gasteiger partial charge on any atom is -0.459 e. The number of ether oxygens (including phenoxy) is 2. The Bertz CT molecular complexity index is 1100. The number of esters is 2. The van der Waals surface area contributed by atoms with E-state index in [1.54, 1.807) is 6.92 Å². The van der Waals surface area contributed by atoms with Crippen LogP contribution in [0.2, 0.25) is 5.02 Å². The SMILES string of the molecule is C=CCOC(=O)C(CCC)OC(=O)c1cc(-c2c(F)cc(C(F)(F)F)cc2Cl)ccc1[N+](=O)[O-]. The van der Waals surface area contributed by atoms with Gasteiger partial charge in [-0.2, -0.15) is 13.2 Å². The second kappa shape index (κ2) is 11.1.